The molecule has 3 N–H and O–H groups in total. The molecule has 32 heavy (non-hydrogen) atoms. The molecule has 4 rings (SSSR count). The lowest BCUT2D eigenvalue weighted by Crippen LogP contribution is -2.07. The number of aromatic nitrogens is 3. The summed E-state index contributed by atoms with van der Waals surface area (Å²) in [5.41, 5.74) is 3.71. The van der Waals surface area contributed by atoms with E-state index >= 15 is 0 Å². The second-order valence-corrected chi connectivity index (χ2v) is 7.00. The second kappa shape index (κ2) is 9.65. The van der Waals surface area contributed by atoms with Crippen molar-refractivity contribution in [2.75, 3.05) is 30.2 Å². The van der Waals surface area contributed by atoms with Crippen LogP contribution in [0.1, 0.15) is 5.56 Å². The fourth-order valence-electron chi connectivity index (χ4n) is 2.92. The molecule has 0 radical (unpaired) electrons. The van der Waals surface area contributed by atoms with Crippen LogP contribution in [0.3, 0.4) is 0 Å². The van der Waals surface area contributed by atoms with Gasteiger partial charge in [-0.25, -0.2) is 0 Å². The van der Waals surface area contributed by atoms with Crippen molar-refractivity contribution in [1.29, 1.82) is 0 Å². The zero-order valence-electron chi connectivity index (χ0n) is 18.1. The normalized spacial score (nSPS) is 10.3. The average molecular weight is 428 g/mol. The average Bonchev–Trinajstić information content (AvgIpc) is 2.81. The van der Waals surface area contributed by atoms with Gasteiger partial charge in [0.1, 0.15) is 11.5 Å². The van der Waals surface area contributed by atoms with Gasteiger partial charge in [0.2, 0.25) is 17.8 Å². The maximum absolute atomic E-state index is 5.22. The van der Waals surface area contributed by atoms with Crippen LogP contribution in [0.15, 0.2) is 72.8 Å². The van der Waals surface area contributed by atoms with Crippen molar-refractivity contribution in [1.82, 2.24) is 15.0 Å². The first-order chi connectivity index (χ1) is 15.6. The number of anilines is 6. The lowest BCUT2D eigenvalue weighted by Gasteiger charge is -2.12. The van der Waals surface area contributed by atoms with Gasteiger partial charge in [-0.15, -0.1) is 0 Å². The van der Waals surface area contributed by atoms with Gasteiger partial charge in [0.25, 0.3) is 0 Å². The third-order valence-electron chi connectivity index (χ3n) is 4.64. The molecular weight excluding hydrogens is 404 g/mol. The summed E-state index contributed by atoms with van der Waals surface area (Å²) in [6.07, 6.45) is 0. The summed E-state index contributed by atoms with van der Waals surface area (Å²) in [5.74, 6) is 2.76. The summed E-state index contributed by atoms with van der Waals surface area (Å²) >= 11 is 0. The molecule has 8 nitrogen and oxygen atoms in total. The third kappa shape index (κ3) is 5.42. The van der Waals surface area contributed by atoms with E-state index in [4.69, 9.17) is 9.47 Å². The molecule has 8 heteroatoms. The highest BCUT2D eigenvalue weighted by atomic mass is 16.5. The lowest BCUT2D eigenvalue weighted by atomic mass is 10.2. The van der Waals surface area contributed by atoms with Gasteiger partial charge in [-0.05, 0) is 67.6 Å². The summed E-state index contributed by atoms with van der Waals surface area (Å²) in [6, 6.07) is 23.1. The van der Waals surface area contributed by atoms with Gasteiger partial charge in [-0.3, -0.25) is 0 Å². The number of hydrogen-bond acceptors (Lipinski definition) is 8. The minimum Gasteiger partial charge on any atom is -0.497 e. The van der Waals surface area contributed by atoms with Gasteiger partial charge >= 0.3 is 0 Å². The van der Waals surface area contributed by atoms with Crippen LogP contribution in [0.5, 0.6) is 11.5 Å². The zero-order chi connectivity index (χ0) is 22.3. The second-order valence-electron chi connectivity index (χ2n) is 7.00. The quantitative estimate of drug-likeness (QED) is 0.342. The van der Waals surface area contributed by atoms with Crippen LogP contribution >= 0.6 is 0 Å². The highest BCUT2D eigenvalue weighted by molar-refractivity contribution is 5.62. The Morgan fingerprint density at radius 2 is 0.812 bits per heavy atom. The molecule has 0 unspecified atom stereocenters. The molecule has 3 aromatic carbocycles. The minimum absolute atomic E-state index is 0.399. The standard InChI is InChI=1S/C24H24N6O2/c1-16-4-6-17(7-5-16)25-22-28-23(26-18-8-12-20(31-2)13-9-18)30-24(29-22)27-19-10-14-21(32-3)15-11-19/h4-15H,1-3H3,(H3,25,26,27,28,29,30). The number of methoxy groups -OCH3 is 2. The molecule has 0 aliphatic heterocycles. The van der Waals surface area contributed by atoms with Gasteiger partial charge in [-0.2, -0.15) is 15.0 Å². The fraction of sp³-hybridized carbons (Fsp3) is 0.125. The van der Waals surface area contributed by atoms with Crippen LogP contribution in [0.4, 0.5) is 34.9 Å². The summed E-state index contributed by atoms with van der Waals surface area (Å²) in [6.45, 7) is 2.04. The van der Waals surface area contributed by atoms with E-state index in [9.17, 15) is 0 Å². The fourth-order valence-corrected chi connectivity index (χ4v) is 2.92. The van der Waals surface area contributed by atoms with Gasteiger partial charge in [0, 0.05) is 17.1 Å². The third-order valence-corrected chi connectivity index (χ3v) is 4.64. The van der Waals surface area contributed by atoms with Crippen LogP contribution in [0.2, 0.25) is 0 Å². The summed E-state index contributed by atoms with van der Waals surface area (Å²) in [4.78, 5) is 13.6. The van der Waals surface area contributed by atoms with E-state index in [1.165, 1.54) is 5.56 Å². The van der Waals surface area contributed by atoms with Gasteiger partial charge in [-0.1, -0.05) is 17.7 Å². The Morgan fingerprint density at radius 1 is 0.500 bits per heavy atom. The Labute approximate surface area is 186 Å². The van der Waals surface area contributed by atoms with Crippen molar-refractivity contribution >= 4 is 34.9 Å². The Hall–Kier alpha value is -4.33. The maximum atomic E-state index is 5.22. The van der Waals surface area contributed by atoms with Crippen molar-refractivity contribution in [2.45, 2.75) is 6.92 Å². The Balaban J connectivity index is 1.62. The SMILES string of the molecule is COc1ccc(Nc2nc(Nc3ccc(C)cc3)nc(Nc3ccc(OC)cc3)n2)cc1. The molecule has 1 aromatic heterocycles. The van der Waals surface area contributed by atoms with Gasteiger partial charge in [0.15, 0.2) is 0 Å². The number of benzene rings is 3. The molecule has 0 saturated carbocycles. The van der Waals surface area contributed by atoms with Crippen LogP contribution in [0, 0.1) is 6.92 Å². The smallest absolute Gasteiger partial charge is 0.233 e. The number of nitrogens with one attached hydrogen (secondary N) is 3. The largest absolute Gasteiger partial charge is 0.497 e. The Bertz CT molecular complexity index is 1090. The molecule has 0 amide bonds. The molecule has 0 bridgehead atoms. The van der Waals surface area contributed by atoms with Crippen molar-refractivity contribution in [3.63, 3.8) is 0 Å². The lowest BCUT2D eigenvalue weighted by molar-refractivity contribution is 0.415. The van der Waals surface area contributed by atoms with Gasteiger partial charge < -0.3 is 25.4 Å². The molecule has 1 heterocycles. The number of ether oxygens (including phenoxy) is 2. The number of rotatable bonds is 8. The summed E-state index contributed by atoms with van der Waals surface area (Å²) < 4.78 is 10.4. The molecular formula is C24H24N6O2. The zero-order valence-corrected chi connectivity index (χ0v) is 18.1. The van der Waals surface area contributed by atoms with E-state index in [0.29, 0.717) is 17.8 Å². The molecule has 4 aromatic rings. The van der Waals surface area contributed by atoms with E-state index in [1.54, 1.807) is 14.2 Å². The van der Waals surface area contributed by atoms with Crippen molar-refractivity contribution in [3.8, 4) is 11.5 Å². The maximum Gasteiger partial charge on any atom is 0.233 e. The van der Waals surface area contributed by atoms with Crippen LogP contribution < -0.4 is 25.4 Å². The highest BCUT2D eigenvalue weighted by Crippen LogP contribution is 2.23. The summed E-state index contributed by atoms with van der Waals surface area (Å²) in [5, 5.41) is 9.67. The Morgan fingerprint density at radius 3 is 1.12 bits per heavy atom. The summed E-state index contributed by atoms with van der Waals surface area (Å²) in [7, 11) is 3.27. The minimum atomic E-state index is 0.399. The van der Waals surface area contributed by atoms with E-state index in [2.05, 4.69) is 30.9 Å². The van der Waals surface area contributed by atoms with Crippen LogP contribution in [-0.2, 0) is 0 Å². The first-order valence-corrected chi connectivity index (χ1v) is 10.0. The van der Waals surface area contributed by atoms with Crippen molar-refractivity contribution in [2.24, 2.45) is 0 Å². The first kappa shape index (κ1) is 20.9. The molecule has 0 fully saturated rings. The van der Waals surface area contributed by atoms with Crippen molar-refractivity contribution < 1.29 is 9.47 Å². The predicted octanol–water partition coefficient (Wildman–Crippen LogP) is 5.43. The van der Waals surface area contributed by atoms with Crippen LogP contribution in [0.25, 0.3) is 0 Å². The first-order valence-electron chi connectivity index (χ1n) is 10.0. The van der Waals surface area contributed by atoms with E-state index in [0.717, 1.165) is 28.6 Å². The predicted molar refractivity (Wildman–Crippen MR) is 127 cm³/mol. The molecule has 0 saturated heterocycles. The molecule has 0 aliphatic carbocycles. The number of aryl methyl sites for hydroxylation is 1. The number of nitrogens with zero attached hydrogens (tertiary/aromatic N) is 3. The molecule has 0 aliphatic rings. The van der Waals surface area contributed by atoms with Crippen LogP contribution in [-0.4, -0.2) is 29.2 Å². The van der Waals surface area contributed by atoms with E-state index in [1.807, 2.05) is 79.7 Å². The van der Waals surface area contributed by atoms with E-state index in [-0.39, 0.29) is 0 Å². The van der Waals surface area contributed by atoms with Gasteiger partial charge in [0.05, 0.1) is 14.2 Å². The monoisotopic (exact) mass is 428 g/mol. The number of hydrogen-bond donors (Lipinski definition) is 3. The Kier molecular flexibility index (Phi) is 6.31. The topological polar surface area (TPSA) is 93.2 Å². The molecule has 162 valence electrons. The van der Waals surface area contributed by atoms with E-state index < -0.39 is 0 Å². The molecule has 0 spiro atoms. The molecule has 0 atom stereocenters. The van der Waals surface area contributed by atoms with Crippen molar-refractivity contribution in [3.05, 3.63) is 78.4 Å². The highest BCUT2D eigenvalue weighted by Gasteiger charge is 2.09.